The molecule has 90 valence electrons. The van der Waals surface area contributed by atoms with Crippen molar-refractivity contribution in [2.75, 3.05) is 6.61 Å². The second kappa shape index (κ2) is 5.20. The van der Waals surface area contributed by atoms with Crippen molar-refractivity contribution in [2.24, 2.45) is 0 Å². The lowest BCUT2D eigenvalue weighted by Gasteiger charge is -2.38. The molecule has 15 heavy (non-hydrogen) atoms. The molecule has 0 bridgehead atoms. The maximum atomic E-state index is 9.51. The van der Waals surface area contributed by atoms with Crippen molar-refractivity contribution < 1.29 is 29.9 Å². The number of aliphatic hydroxyl groups excluding tert-OH is 4. The highest BCUT2D eigenvalue weighted by molar-refractivity contribution is 4.88. The molecule has 1 heterocycles. The van der Waals surface area contributed by atoms with E-state index in [4.69, 9.17) is 9.47 Å². The Hall–Kier alpha value is -0.240. The summed E-state index contributed by atoms with van der Waals surface area (Å²) in [5.41, 5.74) is 0. The molecule has 6 heteroatoms. The molecule has 0 radical (unpaired) electrons. The molecule has 0 aliphatic carbocycles. The van der Waals surface area contributed by atoms with Crippen LogP contribution in [0.2, 0.25) is 0 Å². The summed E-state index contributed by atoms with van der Waals surface area (Å²) in [4.78, 5) is 0. The number of rotatable bonds is 3. The molecule has 1 rings (SSSR count). The molecular weight excluding hydrogens is 204 g/mol. The molecule has 5 atom stereocenters. The van der Waals surface area contributed by atoms with Gasteiger partial charge in [-0.25, -0.2) is 0 Å². The van der Waals surface area contributed by atoms with Crippen LogP contribution >= 0.6 is 0 Å². The van der Waals surface area contributed by atoms with Gasteiger partial charge in [-0.1, -0.05) is 0 Å². The molecule has 0 aromatic heterocycles. The summed E-state index contributed by atoms with van der Waals surface area (Å²) in [6, 6.07) is 0. The van der Waals surface area contributed by atoms with E-state index in [0.29, 0.717) is 0 Å². The zero-order chi connectivity index (χ0) is 11.6. The highest BCUT2D eigenvalue weighted by atomic mass is 16.6. The first-order chi connectivity index (χ1) is 6.93. The van der Waals surface area contributed by atoms with E-state index in [2.05, 4.69) is 0 Å². The quantitative estimate of drug-likeness (QED) is 0.450. The van der Waals surface area contributed by atoms with Crippen molar-refractivity contribution in [1.29, 1.82) is 0 Å². The van der Waals surface area contributed by atoms with Gasteiger partial charge in [0.1, 0.15) is 24.4 Å². The average molecular weight is 222 g/mol. The van der Waals surface area contributed by atoms with Crippen molar-refractivity contribution in [2.45, 2.75) is 50.7 Å². The Balaban J connectivity index is 2.51. The molecule has 0 unspecified atom stereocenters. The minimum atomic E-state index is -1.50. The molecule has 0 saturated carbocycles. The van der Waals surface area contributed by atoms with E-state index in [1.54, 1.807) is 0 Å². The molecule has 6 nitrogen and oxygen atoms in total. The average Bonchev–Trinajstić information content (AvgIpc) is 2.18. The van der Waals surface area contributed by atoms with Crippen LogP contribution in [0.15, 0.2) is 0 Å². The first-order valence-corrected chi connectivity index (χ1v) is 4.92. The largest absolute Gasteiger partial charge is 0.387 e. The molecule has 0 aromatic rings. The monoisotopic (exact) mass is 222 g/mol. The van der Waals surface area contributed by atoms with Crippen molar-refractivity contribution in [3.05, 3.63) is 0 Å². The molecule has 0 amide bonds. The Morgan fingerprint density at radius 2 is 1.67 bits per heavy atom. The fourth-order valence-electron chi connectivity index (χ4n) is 1.36. The maximum absolute atomic E-state index is 9.51. The normalized spacial score (nSPS) is 42.2. The van der Waals surface area contributed by atoms with Crippen molar-refractivity contribution in [3.63, 3.8) is 0 Å². The van der Waals surface area contributed by atoms with E-state index in [-0.39, 0.29) is 12.7 Å². The third kappa shape index (κ3) is 3.10. The van der Waals surface area contributed by atoms with Crippen LogP contribution in [-0.2, 0) is 9.47 Å². The van der Waals surface area contributed by atoms with Crippen molar-refractivity contribution >= 4 is 0 Å². The summed E-state index contributed by atoms with van der Waals surface area (Å²) >= 11 is 0. The minimum Gasteiger partial charge on any atom is -0.387 e. The van der Waals surface area contributed by atoms with E-state index < -0.39 is 30.7 Å². The van der Waals surface area contributed by atoms with Crippen molar-refractivity contribution in [3.8, 4) is 0 Å². The van der Waals surface area contributed by atoms with Gasteiger partial charge in [-0.2, -0.15) is 0 Å². The number of aliphatic hydroxyl groups is 4. The molecule has 1 saturated heterocycles. The zero-order valence-corrected chi connectivity index (χ0v) is 8.78. The lowest BCUT2D eigenvalue weighted by atomic mass is 9.99. The lowest BCUT2D eigenvalue weighted by Crippen LogP contribution is -2.58. The van der Waals surface area contributed by atoms with Gasteiger partial charge in [0.2, 0.25) is 0 Å². The van der Waals surface area contributed by atoms with E-state index in [9.17, 15) is 20.4 Å². The zero-order valence-electron chi connectivity index (χ0n) is 8.78. The fourth-order valence-corrected chi connectivity index (χ4v) is 1.36. The van der Waals surface area contributed by atoms with Gasteiger partial charge in [-0.15, -0.1) is 0 Å². The van der Waals surface area contributed by atoms with Crippen LogP contribution in [0.1, 0.15) is 13.8 Å². The SMILES string of the molecule is CC(C)OC[C@H]1O[C@H](O)[C@H](O)[C@@H](O)[C@@H]1O. The van der Waals surface area contributed by atoms with E-state index in [0.717, 1.165) is 0 Å². The summed E-state index contributed by atoms with van der Waals surface area (Å²) in [6.07, 6.45) is -6.54. The van der Waals surface area contributed by atoms with Gasteiger partial charge in [0.25, 0.3) is 0 Å². The molecule has 0 spiro atoms. The Morgan fingerprint density at radius 1 is 1.07 bits per heavy atom. The summed E-state index contributed by atoms with van der Waals surface area (Å²) in [6.45, 7) is 3.69. The number of ether oxygens (including phenoxy) is 2. The van der Waals surface area contributed by atoms with Crippen LogP contribution in [0, 0.1) is 0 Å². The fraction of sp³-hybridized carbons (Fsp3) is 1.00. The third-order valence-electron chi connectivity index (χ3n) is 2.28. The summed E-state index contributed by atoms with van der Waals surface area (Å²) in [7, 11) is 0. The van der Waals surface area contributed by atoms with Crippen LogP contribution < -0.4 is 0 Å². The second-order valence-electron chi connectivity index (χ2n) is 3.92. The van der Waals surface area contributed by atoms with Crippen LogP contribution in [-0.4, -0.2) is 63.8 Å². The molecule has 4 N–H and O–H groups in total. The standard InChI is InChI=1S/C9H18O6/c1-4(2)14-3-5-6(10)7(11)8(12)9(13)15-5/h4-13H,3H2,1-2H3/t5-,6-,7+,8-,9+/m1/s1. The second-order valence-corrected chi connectivity index (χ2v) is 3.92. The highest BCUT2D eigenvalue weighted by Gasteiger charge is 2.42. The number of hydrogen-bond donors (Lipinski definition) is 4. The van der Waals surface area contributed by atoms with Crippen LogP contribution in [0.25, 0.3) is 0 Å². The van der Waals surface area contributed by atoms with E-state index in [1.807, 2.05) is 13.8 Å². The summed E-state index contributed by atoms with van der Waals surface area (Å²) in [5, 5.41) is 37.3. The van der Waals surface area contributed by atoms with Gasteiger partial charge in [-0.3, -0.25) is 0 Å². The molecule has 1 aliphatic rings. The summed E-state index contributed by atoms with van der Waals surface area (Å²) in [5.74, 6) is 0. The van der Waals surface area contributed by atoms with Gasteiger partial charge < -0.3 is 29.9 Å². The Morgan fingerprint density at radius 3 is 2.20 bits per heavy atom. The van der Waals surface area contributed by atoms with Gasteiger partial charge in [0, 0.05) is 0 Å². The van der Waals surface area contributed by atoms with Gasteiger partial charge in [0.15, 0.2) is 6.29 Å². The van der Waals surface area contributed by atoms with Crippen LogP contribution in [0.4, 0.5) is 0 Å². The Bertz CT molecular complexity index is 197. The highest BCUT2D eigenvalue weighted by Crippen LogP contribution is 2.20. The smallest absolute Gasteiger partial charge is 0.184 e. The molecular formula is C9H18O6. The first kappa shape index (κ1) is 12.8. The predicted octanol–water partition coefficient (Wildman–Crippen LogP) is -1.79. The lowest BCUT2D eigenvalue weighted by molar-refractivity contribution is -0.289. The van der Waals surface area contributed by atoms with Gasteiger partial charge in [-0.05, 0) is 13.8 Å². The Kier molecular flexibility index (Phi) is 4.45. The van der Waals surface area contributed by atoms with Crippen LogP contribution in [0.3, 0.4) is 0 Å². The number of hydrogen-bond acceptors (Lipinski definition) is 6. The van der Waals surface area contributed by atoms with E-state index >= 15 is 0 Å². The first-order valence-electron chi connectivity index (χ1n) is 4.92. The third-order valence-corrected chi connectivity index (χ3v) is 2.28. The predicted molar refractivity (Wildman–Crippen MR) is 50.0 cm³/mol. The van der Waals surface area contributed by atoms with Crippen molar-refractivity contribution in [1.82, 2.24) is 0 Å². The van der Waals surface area contributed by atoms with Gasteiger partial charge >= 0.3 is 0 Å². The molecule has 1 fully saturated rings. The Labute approximate surface area is 88.1 Å². The summed E-state index contributed by atoms with van der Waals surface area (Å²) < 4.78 is 10.1. The molecule has 1 aliphatic heterocycles. The van der Waals surface area contributed by atoms with Crippen LogP contribution in [0.5, 0.6) is 0 Å². The van der Waals surface area contributed by atoms with Gasteiger partial charge in [0.05, 0.1) is 12.7 Å². The molecule has 0 aromatic carbocycles. The minimum absolute atomic E-state index is 0.0399. The topological polar surface area (TPSA) is 99.4 Å². The van der Waals surface area contributed by atoms with E-state index in [1.165, 1.54) is 0 Å². The maximum Gasteiger partial charge on any atom is 0.184 e.